The SMILES string of the molecule is c1ccc(CCc2nnc3n2CCN(Cc2ccc4c(c2)CCO4)CC3)cc1. The van der Waals surface area contributed by atoms with Gasteiger partial charge in [-0.3, -0.25) is 4.90 Å². The van der Waals surface area contributed by atoms with Crippen LogP contribution in [-0.2, 0) is 38.8 Å². The van der Waals surface area contributed by atoms with Gasteiger partial charge in [-0.2, -0.15) is 0 Å². The van der Waals surface area contributed by atoms with Crippen LogP contribution in [-0.4, -0.2) is 39.4 Å². The van der Waals surface area contributed by atoms with E-state index in [1.54, 1.807) is 0 Å². The highest BCUT2D eigenvalue weighted by Crippen LogP contribution is 2.26. The van der Waals surface area contributed by atoms with Crippen molar-refractivity contribution in [1.82, 2.24) is 19.7 Å². The van der Waals surface area contributed by atoms with E-state index < -0.39 is 0 Å². The number of ether oxygens (including phenoxy) is 1. The lowest BCUT2D eigenvalue weighted by Crippen LogP contribution is -2.26. The van der Waals surface area contributed by atoms with Crippen LogP contribution in [0, 0.1) is 0 Å². The molecule has 0 spiro atoms. The maximum Gasteiger partial charge on any atom is 0.134 e. The lowest BCUT2D eigenvalue weighted by molar-refractivity contribution is 0.270. The van der Waals surface area contributed by atoms with Gasteiger partial charge in [0.2, 0.25) is 0 Å². The van der Waals surface area contributed by atoms with Crippen LogP contribution < -0.4 is 4.74 Å². The van der Waals surface area contributed by atoms with Crippen LogP contribution in [0.1, 0.15) is 28.3 Å². The van der Waals surface area contributed by atoms with Crippen molar-refractivity contribution in [2.45, 2.75) is 38.8 Å². The van der Waals surface area contributed by atoms with E-state index in [0.717, 1.165) is 75.9 Å². The highest BCUT2D eigenvalue weighted by atomic mass is 16.5. The fourth-order valence-corrected chi connectivity index (χ4v) is 4.27. The van der Waals surface area contributed by atoms with Crippen molar-refractivity contribution < 1.29 is 4.74 Å². The molecule has 2 aliphatic rings. The molecule has 3 aromatic rings. The molecule has 5 nitrogen and oxygen atoms in total. The Hall–Kier alpha value is -2.66. The van der Waals surface area contributed by atoms with Gasteiger partial charge < -0.3 is 9.30 Å². The van der Waals surface area contributed by atoms with Crippen molar-refractivity contribution in [3.63, 3.8) is 0 Å². The minimum absolute atomic E-state index is 0.822. The third-order valence-corrected chi connectivity index (χ3v) is 5.84. The van der Waals surface area contributed by atoms with Crippen LogP contribution in [0.3, 0.4) is 0 Å². The van der Waals surface area contributed by atoms with E-state index >= 15 is 0 Å². The first-order chi connectivity index (χ1) is 13.8. The first-order valence-corrected chi connectivity index (χ1v) is 10.3. The largest absolute Gasteiger partial charge is 0.493 e. The molecule has 0 atom stereocenters. The van der Waals surface area contributed by atoms with E-state index in [9.17, 15) is 0 Å². The third kappa shape index (κ3) is 3.67. The van der Waals surface area contributed by atoms with Crippen molar-refractivity contribution in [1.29, 1.82) is 0 Å². The molecule has 5 rings (SSSR count). The van der Waals surface area contributed by atoms with Crippen LogP contribution in [0.2, 0.25) is 0 Å². The van der Waals surface area contributed by atoms with E-state index in [0.29, 0.717) is 0 Å². The number of aryl methyl sites for hydroxylation is 2. The zero-order chi connectivity index (χ0) is 18.8. The molecule has 0 fully saturated rings. The summed E-state index contributed by atoms with van der Waals surface area (Å²) in [7, 11) is 0. The number of fused-ring (bicyclic) bond motifs is 2. The normalized spacial score (nSPS) is 16.3. The first-order valence-electron chi connectivity index (χ1n) is 10.3. The molecule has 0 saturated carbocycles. The number of nitrogens with zero attached hydrogens (tertiary/aromatic N) is 4. The van der Waals surface area contributed by atoms with Crippen LogP contribution in [0.15, 0.2) is 48.5 Å². The Labute approximate surface area is 166 Å². The van der Waals surface area contributed by atoms with Crippen LogP contribution in [0.4, 0.5) is 0 Å². The van der Waals surface area contributed by atoms with Gasteiger partial charge in [-0.05, 0) is 29.2 Å². The number of aromatic nitrogens is 3. The standard InChI is InChI=1S/C23H26N4O/c1-2-4-18(5-3-1)7-9-22-24-25-23-10-12-26(13-14-27(22)23)17-19-6-8-21-20(16-19)11-15-28-21/h1-6,8,16H,7,9-15,17H2. The smallest absolute Gasteiger partial charge is 0.134 e. The van der Waals surface area contributed by atoms with Crippen LogP contribution in [0.5, 0.6) is 5.75 Å². The lowest BCUT2D eigenvalue weighted by Gasteiger charge is -2.20. The van der Waals surface area contributed by atoms with E-state index in [2.05, 4.69) is 68.2 Å². The Kier molecular flexibility index (Phi) is 4.83. The van der Waals surface area contributed by atoms with Gasteiger partial charge in [0.05, 0.1) is 6.61 Å². The summed E-state index contributed by atoms with van der Waals surface area (Å²) in [5, 5.41) is 8.97. The third-order valence-electron chi connectivity index (χ3n) is 5.84. The highest BCUT2D eigenvalue weighted by Gasteiger charge is 2.19. The topological polar surface area (TPSA) is 43.2 Å². The Morgan fingerprint density at radius 2 is 1.79 bits per heavy atom. The fraction of sp³-hybridized carbons (Fsp3) is 0.391. The molecule has 0 radical (unpaired) electrons. The zero-order valence-electron chi connectivity index (χ0n) is 16.2. The van der Waals surface area contributed by atoms with Crippen molar-refractivity contribution in [2.24, 2.45) is 0 Å². The second-order valence-corrected chi connectivity index (χ2v) is 7.74. The summed E-state index contributed by atoms with van der Waals surface area (Å²) in [6, 6.07) is 17.3. The monoisotopic (exact) mass is 374 g/mol. The molecule has 1 aromatic heterocycles. The molecular formula is C23H26N4O. The molecule has 0 amide bonds. The molecule has 0 aliphatic carbocycles. The van der Waals surface area contributed by atoms with Crippen molar-refractivity contribution in [3.8, 4) is 5.75 Å². The van der Waals surface area contributed by atoms with Crippen molar-refractivity contribution in [2.75, 3.05) is 19.7 Å². The van der Waals surface area contributed by atoms with E-state index in [4.69, 9.17) is 4.74 Å². The van der Waals surface area contributed by atoms with Gasteiger partial charge in [0, 0.05) is 45.4 Å². The molecule has 2 aliphatic heterocycles. The summed E-state index contributed by atoms with van der Waals surface area (Å²) >= 11 is 0. The molecule has 0 saturated heterocycles. The quantitative estimate of drug-likeness (QED) is 0.688. The minimum atomic E-state index is 0.822. The van der Waals surface area contributed by atoms with Gasteiger partial charge >= 0.3 is 0 Å². The Bertz CT molecular complexity index is 950. The second-order valence-electron chi connectivity index (χ2n) is 7.74. The average Bonchev–Trinajstić information content (AvgIpc) is 3.30. The van der Waals surface area contributed by atoms with Crippen LogP contribution in [0.25, 0.3) is 0 Å². The number of hydrogen-bond acceptors (Lipinski definition) is 4. The van der Waals surface area contributed by atoms with Gasteiger partial charge in [-0.1, -0.05) is 42.5 Å². The van der Waals surface area contributed by atoms with Crippen molar-refractivity contribution >= 4 is 0 Å². The maximum atomic E-state index is 5.63. The predicted octanol–water partition coefficient (Wildman–Crippen LogP) is 3.06. The predicted molar refractivity (Wildman–Crippen MR) is 108 cm³/mol. The summed E-state index contributed by atoms with van der Waals surface area (Å²) in [5.41, 5.74) is 4.09. The van der Waals surface area contributed by atoms with Gasteiger partial charge in [-0.25, -0.2) is 0 Å². The Balaban J connectivity index is 1.23. The minimum Gasteiger partial charge on any atom is -0.493 e. The number of rotatable bonds is 5. The first kappa shape index (κ1) is 17.4. The summed E-state index contributed by atoms with van der Waals surface area (Å²) < 4.78 is 7.98. The summed E-state index contributed by atoms with van der Waals surface area (Å²) in [4.78, 5) is 2.53. The lowest BCUT2D eigenvalue weighted by atomic mass is 10.1. The van der Waals surface area contributed by atoms with Crippen molar-refractivity contribution in [3.05, 3.63) is 76.9 Å². The summed E-state index contributed by atoms with van der Waals surface area (Å²) in [5.74, 6) is 3.32. The van der Waals surface area contributed by atoms with E-state index in [1.165, 1.54) is 16.7 Å². The molecule has 0 bridgehead atoms. The number of hydrogen-bond donors (Lipinski definition) is 0. The average molecular weight is 374 g/mol. The van der Waals surface area contributed by atoms with Gasteiger partial charge in [0.1, 0.15) is 17.4 Å². The molecule has 144 valence electrons. The molecular weight excluding hydrogens is 348 g/mol. The fourth-order valence-electron chi connectivity index (χ4n) is 4.27. The maximum absolute atomic E-state index is 5.63. The Morgan fingerprint density at radius 3 is 2.71 bits per heavy atom. The zero-order valence-corrected chi connectivity index (χ0v) is 16.2. The van der Waals surface area contributed by atoms with Crippen LogP contribution >= 0.6 is 0 Å². The van der Waals surface area contributed by atoms with Gasteiger partial charge in [0.15, 0.2) is 0 Å². The van der Waals surface area contributed by atoms with E-state index in [1.807, 2.05) is 0 Å². The summed E-state index contributed by atoms with van der Waals surface area (Å²) in [6.45, 7) is 4.86. The molecule has 2 aromatic carbocycles. The molecule has 5 heteroatoms. The number of benzene rings is 2. The van der Waals surface area contributed by atoms with E-state index in [-0.39, 0.29) is 0 Å². The van der Waals surface area contributed by atoms with Gasteiger partial charge in [-0.15, -0.1) is 10.2 Å². The molecule has 28 heavy (non-hydrogen) atoms. The Morgan fingerprint density at radius 1 is 0.857 bits per heavy atom. The molecule has 0 N–H and O–H groups in total. The molecule has 0 unspecified atom stereocenters. The second kappa shape index (κ2) is 7.76. The summed E-state index contributed by atoms with van der Waals surface area (Å²) in [6.07, 6.45) is 3.96. The molecule has 3 heterocycles. The van der Waals surface area contributed by atoms with Gasteiger partial charge in [0.25, 0.3) is 0 Å². The highest BCUT2D eigenvalue weighted by molar-refractivity contribution is 5.39.